The second-order valence-electron chi connectivity index (χ2n) is 4.74. The fourth-order valence-electron chi connectivity index (χ4n) is 2.38. The quantitative estimate of drug-likeness (QED) is 0.573. The number of hydrogen-bond donors (Lipinski definition) is 1. The van der Waals surface area contributed by atoms with Crippen LogP contribution in [0.1, 0.15) is 0 Å². The monoisotopic (exact) mass is 292 g/mol. The van der Waals surface area contributed by atoms with Crippen molar-refractivity contribution in [3.63, 3.8) is 0 Å². The zero-order valence-corrected chi connectivity index (χ0v) is 11.9. The molecule has 0 unspecified atom stereocenters. The van der Waals surface area contributed by atoms with Crippen LogP contribution in [0.3, 0.4) is 0 Å². The Bertz CT molecular complexity index is 908. The zero-order valence-electron chi connectivity index (χ0n) is 11.1. The minimum atomic E-state index is 0.663. The second-order valence-corrected chi connectivity index (χ2v) is 5.62. The van der Waals surface area contributed by atoms with Crippen molar-refractivity contribution in [2.45, 2.75) is 0 Å². The van der Waals surface area contributed by atoms with Crippen LogP contribution in [0.2, 0.25) is 0 Å². The highest BCUT2D eigenvalue weighted by Crippen LogP contribution is 2.29. The Morgan fingerprint density at radius 3 is 2.71 bits per heavy atom. The summed E-state index contributed by atoms with van der Waals surface area (Å²) in [5, 5.41) is 4.43. The molecule has 0 saturated heterocycles. The third-order valence-corrected chi connectivity index (χ3v) is 4.25. The molecule has 21 heavy (non-hydrogen) atoms. The van der Waals surface area contributed by atoms with Crippen LogP contribution in [-0.4, -0.2) is 14.8 Å². The average molecular weight is 292 g/mol. The molecule has 2 aromatic carbocycles. The number of anilines is 1. The fraction of sp³-hybridized carbons (Fsp3) is 0. The third-order valence-electron chi connectivity index (χ3n) is 3.46. The Labute approximate surface area is 125 Å². The van der Waals surface area contributed by atoms with Gasteiger partial charge in [0.15, 0.2) is 0 Å². The summed E-state index contributed by atoms with van der Waals surface area (Å²) < 4.78 is 2.89. The Balaban J connectivity index is 1.83. The molecular weight excluding hydrogens is 280 g/mol. The smallest absolute Gasteiger partial charge is 0.106 e. The molecule has 0 amide bonds. The van der Waals surface area contributed by atoms with Crippen molar-refractivity contribution in [3.8, 4) is 16.8 Å². The molecule has 0 saturated carbocycles. The number of nitrogen functional groups attached to an aromatic ring is 1. The van der Waals surface area contributed by atoms with Crippen LogP contribution >= 0.6 is 11.3 Å². The van der Waals surface area contributed by atoms with E-state index in [1.807, 2.05) is 48.2 Å². The minimum absolute atomic E-state index is 0.663. The number of nitrogens with two attached hydrogens (primary N) is 1. The standard InChI is InChI=1S/C16H12N4S/c17-15-13(6-7-14-16(15)18-10-21-14)20-9-12(8-19-20)11-4-2-1-3-5-11/h1-10H,17H2. The topological polar surface area (TPSA) is 56.7 Å². The first-order chi connectivity index (χ1) is 10.3. The van der Waals surface area contributed by atoms with Crippen LogP contribution in [-0.2, 0) is 0 Å². The van der Waals surface area contributed by atoms with E-state index in [4.69, 9.17) is 5.73 Å². The first-order valence-corrected chi connectivity index (χ1v) is 7.43. The van der Waals surface area contributed by atoms with Gasteiger partial charge in [0.05, 0.1) is 27.8 Å². The van der Waals surface area contributed by atoms with E-state index in [0.29, 0.717) is 5.69 Å². The molecule has 0 spiro atoms. The maximum Gasteiger partial charge on any atom is 0.106 e. The van der Waals surface area contributed by atoms with E-state index >= 15 is 0 Å². The molecular formula is C16H12N4S. The van der Waals surface area contributed by atoms with Crippen LogP contribution in [0.4, 0.5) is 5.69 Å². The molecule has 0 bridgehead atoms. The van der Waals surface area contributed by atoms with Gasteiger partial charge >= 0.3 is 0 Å². The zero-order chi connectivity index (χ0) is 14.2. The highest BCUT2D eigenvalue weighted by molar-refractivity contribution is 7.16. The van der Waals surface area contributed by atoms with Crippen LogP contribution in [0.15, 0.2) is 60.4 Å². The first kappa shape index (κ1) is 12.1. The lowest BCUT2D eigenvalue weighted by Gasteiger charge is -2.05. The number of rotatable bonds is 2. The van der Waals surface area contributed by atoms with Gasteiger partial charge in [0, 0.05) is 11.8 Å². The molecule has 0 fully saturated rings. The predicted molar refractivity (Wildman–Crippen MR) is 86.6 cm³/mol. The highest BCUT2D eigenvalue weighted by atomic mass is 32.1. The SMILES string of the molecule is Nc1c(-n2cc(-c3ccccc3)cn2)ccc2scnc12. The van der Waals surface area contributed by atoms with E-state index in [2.05, 4.69) is 22.2 Å². The number of thiazole rings is 1. The van der Waals surface area contributed by atoms with Crippen LogP contribution in [0, 0.1) is 0 Å². The maximum absolute atomic E-state index is 6.23. The largest absolute Gasteiger partial charge is 0.395 e. The normalized spacial score (nSPS) is 11.0. The lowest BCUT2D eigenvalue weighted by Crippen LogP contribution is -2.00. The lowest BCUT2D eigenvalue weighted by molar-refractivity contribution is 0.884. The molecule has 2 aromatic heterocycles. The molecule has 0 aliphatic heterocycles. The van der Waals surface area contributed by atoms with Crippen molar-refractivity contribution in [1.82, 2.24) is 14.8 Å². The van der Waals surface area contributed by atoms with Crippen molar-refractivity contribution in [2.24, 2.45) is 0 Å². The number of benzene rings is 2. The summed E-state index contributed by atoms with van der Waals surface area (Å²) in [6.07, 6.45) is 3.83. The van der Waals surface area contributed by atoms with E-state index in [-0.39, 0.29) is 0 Å². The highest BCUT2D eigenvalue weighted by Gasteiger charge is 2.10. The van der Waals surface area contributed by atoms with Gasteiger partial charge in [-0.15, -0.1) is 11.3 Å². The van der Waals surface area contributed by atoms with Crippen molar-refractivity contribution < 1.29 is 0 Å². The Morgan fingerprint density at radius 1 is 1.00 bits per heavy atom. The van der Waals surface area contributed by atoms with Gasteiger partial charge in [-0.25, -0.2) is 9.67 Å². The summed E-state index contributed by atoms with van der Waals surface area (Å²) in [5.41, 5.74) is 12.6. The van der Waals surface area contributed by atoms with Crippen molar-refractivity contribution in [3.05, 3.63) is 60.4 Å². The molecule has 0 atom stereocenters. The molecule has 4 nitrogen and oxygen atoms in total. The number of fused-ring (bicyclic) bond motifs is 1. The van der Waals surface area contributed by atoms with Gasteiger partial charge in [0.1, 0.15) is 5.52 Å². The Hall–Kier alpha value is -2.66. The fourth-order valence-corrected chi connectivity index (χ4v) is 3.07. The van der Waals surface area contributed by atoms with Gasteiger partial charge in [-0.2, -0.15) is 5.10 Å². The average Bonchev–Trinajstić information content (AvgIpc) is 3.18. The van der Waals surface area contributed by atoms with Gasteiger partial charge in [0.25, 0.3) is 0 Å². The summed E-state index contributed by atoms with van der Waals surface area (Å²) in [6.45, 7) is 0. The number of hydrogen-bond acceptors (Lipinski definition) is 4. The van der Waals surface area contributed by atoms with Crippen molar-refractivity contribution in [2.75, 3.05) is 5.73 Å². The van der Waals surface area contributed by atoms with Gasteiger partial charge in [0.2, 0.25) is 0 Å². The summed E-state index contributed by atoms with van der Waals surface area (Å²) >= 11 is 1.59. The van der Waals surface area contributed by atoms with E-state index in [0.717, 1.165) is 27.0 Å². The Kier molecular flexibility index (Phi) is 2.72. The van der Waals surface area contributed by atoms with Gasteiger partial charge in [-0.3, -0.25) is 0 Å². The Morgan fingerprint density at radius 2 is 1.86 bits per heavy atom. The number of aromatic nitrogens is 3. The van der Waals surface area contributed by atoms with E-state index in [9.17, 15) is 0 Å². The van der Waals surface area contributed by atoms with Crippen molar-refractivity contribution >= 4 is 27.2 Å². The van der Waals surface area contributed by atoms with Crippen LogP contribution in [0.25, 0.3) is 27.0 Å². The number of nitrogens with zero attached hydrogens (tertiary/aromatic N) is 3. The maximum atomic E-state index is 6.23. The van der Waals surface area contributed by atoms with Gasteiger partial charge in [-0.1, -0.05) is 30.3 Å². The molecule has 5 heteroatoms. The summed E-state index contributed by atoms with van der Waals surface area (Å²) in [7, 11) is 0. The van der Waals surface area contributed by atoms with E-state index < -0.39 is 0 Å². The predicted octanol–water partition coefficient (Wildman–Crippen LogP) is 3.73. The third kappa shape index (κ3) is 1.98. The lowest BCUT2D eigenvalue weighted by atomic mass is 10.1. The van der Waals surface area contributed by atoms with Crippen molar-refractivity contribution in [1.29, 1.82) is 0 Å². The van der Waals surface area contributed by atoms with Crippen LogP contribution < -0.4 is 5.73 Å². The van der Waals surface area contributed by atoms with E-state index in [1.165, 1.54) is 0 Å². The molecule has 102 valence electrons. The molecule has 4 aromatic rings. The molecule has 0 aliphatic carbocycles. The molecule has 2 heterocycles. The van der Waals surface area contributed by atoms with E-state index in [1.54, 1.807) is 16.0 Å². The molecule has 4 rings (SSSR count). The second kappa shape index (κ2) is 4.71. The van der Waals surface area contributed by atoms with Crippen LogP contribution in [0.5, 0.6) is 0 Å². The first-order valence-electron chi connectivity index (χ1n) is 6.55. The summed E-state index contributed by atoms with van der Waals surface area (Å²) in [5.74, 6) is 0. The summed E-state index contributed by atoms with van der Waals surface area (Å²) in [4.78, 5) is 4.32. The molecule has 0 radical (unpaired) electrons. The van der Waals surface area contributed by atoms with Gasteiger partial charge < -0.3 is 5.73 Å². The minimum Gasteiger partial charge on any atom is -0.395 e. The van der Waals surface area contributed by atoms with Gasteiger partial charge in [-0.05, 0) is 17.7 Å². The molecule has 0 aliphatic rings. The summed E-state index contributed by atoms with van der Waals surface area (Å²) in [6, 6.07) is 14.2. The molecule has 2 N–H and O–H groups in total.